The molecule has 0 unspecified atom stereocenters. The molecule has 1 aliphatic carbocycles. The molecular weight excluding hydrogens is 286 g/mol. The number of aryl methyl sites for hydroxylation is 1. The minimum Gasteiger partial charge on any atom is -0.396 e. The summed E-state index contributed by atoms with van der Waals surface area (Å²) in [6.07, 6.45) is 2.48. The Balaban J connectivity index is 2.02. The fourth-order valence-corrected chi connectivity index (χ4v) is 3.22. The van der Waals surface area contributed by atoms with Crippen LogP contribution in [-0.4, -0.2) is 32.6 Å². The number of rotatable bonds is 7. The van der Waals surface area contributed by atoms with Gasteiger partial charge in [-0.15, -0.1) is 11.6 Å². The lowest BCUT2D eigenvalue weighted by molar-refractivity contribution is 0.213. The molecule has 0 heterocycles. The quantitative estimate of drug-likeness (QED) is 0.751. The van der Waals surface area contributed by atoms with Gasteiger partial charge in [-0.2, -0.15) is 0 Å². The Hall–Kier alpha value is -0.620. The van der Waals surface area contributed by atoms with Gasteiger partial charge >= 0.3 is 0 Å². The van der Waals surface area contributed by atoms with Crippen LogP contribution in [0.5, 0.6) is 0 Å². The number of hydrogen-bond donors (Lipinski definition) is 2. The highest BCUT2D eigenvalue weighted by Crippen LogP contribution is 2.44. The third kappa shape index (κ3) is 3.69. The van der Waals surface area contributed by atoms with Crippen LogP contribution in [-0.2, 0) is 16.4 Å². The Kier molecular flexibility index (Phi) is 4.50. The molecule has 0 spiro atoms. The average molecular weight is 304 g/mol. The molecular formula is C13H18ClNO3S. The molecule has 0 aliphatic heterocycles. The van der Waals surface area contributed by atoms with Crippen molar-refractivity contribution in [3.63, 3.8) is 0 Å². The van der Waals surface area contributed by atoms with Gasteiger partial charge in [0.15, 0.2) is 0 Å². The summed E-state index contributed by atoms with van der Waals surface area (Å²) in [6.45, 7) is 0.333. The first-order valence-corrected chi connectivity index (χ1v) is 8.29. The average Bonchev–Trinajstić information content (AvgIpc) is 3.18. The highest BCUT2D eigenvalue weighted by molar-refractivity contribution is 7.89. The van der Waals surface area contributed by atoms with E-state index in [9.17, 15) is 13.5 Å². The van der Waals surface area contributed by atoms with Crippen molar-refractivity contribution in [2.75, 3.05) is 19.0 Å². The molecule has 1 aromatic rings. The molecule has 0 radical (unpaired) electrons. The molecule has 0 aromatic heterocycles. The molecule has 0 bridgehead atoms. The van der Waals surface area contributed by atoms with Gasteiger partial charge in [0.2, 0.25) is 10.0 Å². The zero-order valence-electron chi connectivity index (χ0n) is 10.6. The van der Waals surface area contributed by atoms with Crippen molar-refractivity contribution in [2.45, 2.75) is 24.2 Å². The van der Waals surface area contributed by atoms with Gasteiger partial charge in [-0.3, -0.25) is 0 Å². The van der Waals surface area contributed by atoms with Gasteiger partial charge in [0.1, 0.15) is 0 Å². The van der Waals surface area contributed by atoms with Crippen molar-refractivity contribution >= 4 is 21.6 Å². The van der Waals surface area contributed by atoms with Crippen LogP contribution in [0.3, 0.4) is 0 Å². The van der Waals surface area contributed by atoms with Crippen LogP contribution in [0, 0.1) is 5.41 Å². The minimum absolute atomic E-state index is 0.0319. The van der Waals surface area contributed by atoms with Gasteiger partial charge < -0.3 is 5.11 Å². The SMILES string of the molecule is O=S(=O)(NCC1(CO)CC1)c1ccc(CCCl)cc1. The Morgan fingerprint density at radius 3 is 2.37 bits per heavy atom. The molecule has 2 N–H and O–H groups in total. The van der Waals surface area contributed by atoms with Crippen LogP contribution in [0.15, 0.2) is 29.2 Å². The summed E-state index contributed by atoms with van der Waals surface area (Å²) in [4.78, 5) is 0.250. The first-order valence-electron chi connectivity index (χ1n) is 6.27. The fourth-order valence-electron chi connectivity index (χ4n) is 1.84. The molecule has 0 amide bonds. The van der Waals surface area contributed by atoms with Crippen molar-refractivity contribution in [2.24, 2.45) is 5.41 Å². The molecule has 19 heavy (non-hydrogen) atoms. The smallest absolute Gasteiger partial charge is 0.240 e. The number of halogens is 1. The van der Waals surface area contributed by atoms with Crippen LogP contribution in [0.25, 0.3) is 0 Å². The predicted octanol–water partition coefficient (Wildman–Crippen LogP) is 1.52. The number of benzene rings is 1. The molecule has 0 saturated heterocycles. The minimum atomic E-state index is -3.49. The summed E-state index contributed by atoms with van der Waals surface area (Å²) in [5, 5.41) is 9.17. The van der Waals surface area contributed by atoms with Crippen molar-refractivity contribution in [3.05, 3.63) is 29.8 Å². The second-order valence-electron chi connectivity index (χ2n) is 5.07. The van der Waals surface area contributed by atoms with Crippen LogP contribution < -0.4 is 4.72 Å². The largest absolute Gasteiger partial charge is 0.396 e. The van der Waals surface area contributed by atoms with Gasteiger partial charge in [0.25, 0.3) is 0 Å². The van der Waals surface area contributed by atoms with E-state index in [0.29, 0.717) is 12.4 Å². The van der Waals surface area contributed by atoms with Crippen LogP contribution >= 0.6 is 11.6 Å². The van der Waals surface area contributed by atoms with E-state index < -0.39 is 10.0 Å². The van der Waals surface area contributed by atoms with Gasteiger partial charge in [-0.05, 0) is 37.0 Å². The second-order valence-corrected chi connectivity index (χ2v) is 7.21. The first kappa shape index (κ1) is 14.8. The summed E-state index contributed by atoms with van der Waals surface area (Å²) in [5.41, 5.74) is 0.786. The third-order valence-corrected chi connectivity index (χ3v) is 5.15. The molecule has 6 heteroatoms. The summed E-state index contributed by atoms with van der Waals surface area (Å²) in [5.74, 6) is 0.517. The molecule has 1 aromatic carbocycles. The van der Waals surface area contributed by atoms with E-state index >= 15 is 0 Å². The van der Waals surface area contributed by atoms with E-state index in [1.54, 1.807) is 24.3 Å². The zero-order valence-corrected chi connectivity index (χ0v) is 12.2. The van der Waals surface area contributed by atoms with E-state index in [2.05, 4.69) is 4.72 Å². The summed E-state index contributed by atoms with van der Waals surface area (Å²) in [6, 6.07) is 6.72. The summed E-state index contributed by atoms with van der Waals surface area (Å²) >= 11 is 5.63. The number of nitrogens with one attached hydrogen (secondary N) is 1. The predicted molar refractivity (Wildman–Crippen MR) is 74.8 cm³/mol. The third-order valence-electron chi connectivity index (χ3n) is 3.55. The molecule has 106 valence electrons. The maximum absolute atomic E-state index is 12.1. The van der Waals surface area contributed by atoms with Gasteiger partial charge in [0.05, 0.1) is 4.90 Å². The van der Waals surface area contributed by atoms with Crippen molar-refractivity contribution in [1.82, 2.24) is 4.72 Å². The standard InChI is InChI=1S/C13H18ClNO3S/c14-8-5-11-1-3-12(4-2-11)19(17,18)15-9-13(10-16)6-7-13/h1-4,15-16H,5-10H2. The highest BCUT2D eigenvalue weighted by Gasteiger charge is 2.42. The van der Waals surface area contributed by atoms with E-state index in [1.807, 2.05) is 0 Å². The van der Waals surface area contributed by atoms with E-state index in [4.69, 9.17) is 11.6 Å². The second kappa shape index (κ2) is 5.79. The number of aliphatic hydroxyl groups excluding tert-OH is 1. The number of aliphatic hydroxyl groups is 1. The highest BCUT2D eigenvalue weighted by atomic mass is 35.5. The van der Waals surface area contributed by atoms with Crippen molar-refractivity contribution in [1.29, 1.82) is 0 Å². The number of hydrogen-bond acceptors (Lipinski definition) is 3. The molecule has 4 nitrogen and oxygen atoms in total. The molecule has 1 aliphatic rings. The zero-order chi connectivity index (χ0) is 13.9. The molecule has 1 saturated carbocycles. The lowest BCUT2D eigenvalue weighted by Gasteiger charge is -2.13. The Labute approximate surface area is 118 Å². The van der Waals surface area contributed by atoms with Crippen LogP contribution in [0.4, 0.5) is 0 Å². The Bertz CT molecular complexity index is 523. The number of sulfonamides is 1. The van der Waals surface area contributed by atoms with Gasteiger partial charge in [-0.1, -0.05) is 12.1 Å². The Morgan fingerprint density at radius 1 is 1.26 bits per heavy atom. The van der Waals surface area contributed by atoms with Gasteiger partial charge in [-0.25, -0.2) is 13.1 Å². The molecule has 0 atom stereocenters. The van der Waals surface area contributed by atoms with E-state index in [-0.39, 0.29) is 16.9 Å². The summed E-state index contributed by atoms with van der Waals surface area (Å²) in [7, 11) is -3.49. The normalized spacial score (nSPS) is 17.4. The van der Waals surface area contributed by atoms with Gasteiger partial charge in [0, 0.05) is 24.4 Å². The number of alkyl halides is 1. The lowest BCUT2D eigenvalue weighted by Crippen LogP contribution is -2.31. The lowest BCUT2D eigenvalue weighted by atomic mass is 10.1. The maximum atomic E-state index is 12.1. The monoisotopic (exact) mass is 303 g/mol. The topological polar surface area (TPSA) is 66.4 Å². The molecule has 1 fully saturated rings. The maximum Gasteiger partial charge on any atom is 0.240 e. The summed E-state index contributed by atoms with van der Waals surface area (Å²) < 4.78 is 26.7. The van der Waals surface area contributed by atoms with Crippen LogP contribution in [0.2, 0.25) is 0 Å². The first-order chi connectivity index (χ1) is 9.01. The van der Waals surface area contributed by atoms with Crippen molar-refractivity contribution in [3.8, 4) is 0 Å². The Morgan fingerprint density at radius 2 is 1.89 bits per heavy atom. The van der Waals surface area contributed by atoms with Crippen molar-refractivity contribution < 1.29 is 13.5 Å². The fraction of sp³-hybridized carbons (Fsp3) is 0.538. The molecule has 2 rings (SSSR count). The van der Waals surface area contributed by atoms with E-state index in [0.717, 1.165) is 24.8 Å². The van der Waals surface area contributed by atoms with E-state index in [1.165, 1.54) is 0 Å². The van der Waals surface area contributed by atoms with Crippen LogP contribution in [0.1, 0.15) is 18.4 Å².